The molecule has 0 atom stereocenters. The molecule has 0 aliphatic carbocycles. The minimum absolute atomic E-state index is 0.872. The predicted molar refractivity (Wildman–Crippen MR) is 69.6 cm³/mol. The molecule has 0 aromatic carbocycles. The van der Waals surface area contributed by atoms with E-state index in [4.69, 9.17) is 0 Å². The van der Waals surface area contributed by atoms with Gasteiger partial charge < -0.3 is 9.88 Å². The fourth-order valence-electron chi connectivity index (χ4n) is 1.82. The molecule has 0 aliphatic rings. The van der Waals surface area contributed by atoms with Crippen molar-refractivity contribution in [2.45, 2.75) is 33.5 Å². The van der Waals surface area contributed by atoms with Gasteiger partial charge in [-0.1, -0.05) is 0 Å². The number of hydrogen-bond donors (Lipinski definition) is 1. The van der Waals surface area contributed by atoms with Gasteiger partial charge in [0.05, 0.1) is 0 Å². The van der Waals surface area contributed by atoms with Crippen molar-refractivity contribution < 1.29 is 0 Å². The predicted octanol–water partition coefficient (Wildman–Crippen LogP) is 2.50. The van der Waals surface area contributed by atoms with Crippen molar-refractivity contribution in [1.29, 1.82) is 0 Å². The van der Waals surface area contributed by atoms with E-state index in [0.29, 0.717) is 0 Å². The second kappa shape index (κ2) is 5.64. The summed E-state index contributed by atoms with van der Waals surface area (Å²) in [5, 5.41) is 3.44. The molecule has 90 valence electrons. The molecule has 0 unspecified atom stereocenters. The van der Waals surface area contributed by atoms with E-state index in [1.807, 2.05) is 18.5 Å². The zero-order valence-electron chi connectivity index (χ0n) is 10.5. The first-order valence-corrected chi connectivity index (χ1v) is 6.04. The van der Waals surface area contributed by atoms with Crippen LogP contribution in [0.5, 0.6) is 0 Å². The quantitative estimate of drug-likeness (QED) is 0.853. The third-order valence-corrected chi connectivity index (χ3v) is 2.97. The molecule has 2 aromatic rings. The van der Waals surface area contributed by atoms with Crippen LogP contribution in [0.1, 0.15) is 23.6 Å². The fraction of sp³-hybridized carbons (Fsp3) is 0.357. The van der Waals surface area contributed by atoms with Crippen molar-refractivity contribution in [3.8, 4) is 0 Å². The molecule has 1 N–H and O–H groups in total. The van der Waals surface area contributed by atoms with Crippen LogP contribution in [-0.4, -0.2) is 9.55 Å². The molecular formula is C14H19N3. The van der Waals surface area contributed by atoms with Gasteiger partial charge in [-0.05, 0) is 42.7 Å². The van der Waals surface area contributed by atoms with Gasteiger partial charge in [-0.25, -0.2) is 0 Å². The van der Waals surface area contributed by atoms with Gasteiger partial charge in [-0.15, -0.1) is 0 Å². The molecule has 2 aromatic heterocycles. The topological polar surface area (TPSA) is 29.9 Å². The lowest BCUT2D eigenvalue weighted by Crippen LogP contribution is -2.13. The number of rotatable bonds is 5. The minimum Gasteiger partial charge on any atom is -0.354 e. The Kier molecular flexibility index (Phi) is 3.94. The molecule has 0 spiro atoms. The summed E-state index contributed by atoms with van der Waals surface area (Å²) in [5.41, 5.74) is 3.88. The average molecular weight is 229 g/mol. The Labute approximate surface area is 103 Å². The van der Waals surface area contributed by atoms with Crippen LogP contribution in [0.25, 0.3) is 0 Å². The van der Waals surface area contributed by atoms with Crippen LogP contribution >= 0.6 is 0 Å². The van der Waals surface area contributed by atoms with Gasteiger partial charge in [0.15, 0.2) is 0 Å². The number of pyridine rings is 1. The average Bonchev–Trinajstić information content (AvgIpc) is 2.80. The smallest absolute Gasteiger partial charge is 0.0315 e. The minimum atomic E-state index is 0.872. The molecule has 2 rings (SSSR count). The van der Waals surface area contributed by atoms with Crippen LogP contribution < -0.4 is 5.32 Å². The summed E-state index contributed by atoms with van der Waals surface area (Å²) in [6, 6.07) is 4.21. The van der Waals surface area contributed by atoms with E-state index in [9.17, 15) is 0 Å². The Balaban J connectivity index is 1.85. The summed E-state index contributed by atoms with van der Waals surface area (Å²) < 4.78 is 2.19. The number of nitrogens with one attached hydrogen (secondary N) is 1. The highest BCUT2D eigenvalue weighted by molar-refractivity contribution is 5.21. The van der Waals surface area contributed by atoms with Crippen LogP contribution in [0.3, 0.4) is 0 Å². The van der Waals surface area contributed by atoms with E-state index in [1.54, 1.807) is 0 Å². The number of aromatic nitrogens is 2. The molecule has 0 amide bonds. The van der Waals surface area contributed by atoms with Crippen LogP contribution in [0.4, 0.5) is 0 Å². The van der Waals surface area contributed by atoms with Crippen LogP contribution in [0.2, 0.25) is 0 Å². The monoisotopic (exact) mass is 229 g/mol. The highest BCUT2D eigenvalue weighted by Crippen LogP contribution is 2.05. The second-order valence-electron chi connectivity index (χ2n) is 4.26. The first kappa shape index (κ1) is 11.9. The van der Waals surface area contributed by atoms with Crippen molar-refractivity contribution in [2.24, 2.45) is 0 Å². The summed E-state index contributed by atoms with van der Waals surface area (Å²) in [6.07, 6.45) is 8.06. The van der Waals surface area contributed by atoms with Crippen molar-refractivity contribution in [3.05, 3.63) is 53.6 Å². The standard InChI is InChI=1S/C14H19N3/c1-3-17-7-5-13(11-17)8-16-10-14-9-15-6-4-12(14)2/h4-7,9,11,16H,3,8,10H2,1-2H3. The van der Waals surface area contributed by atoms with Gasteiger partial charge in [0.25, 0.3) is 0 Å². The summed E-state index contributed by atoms with van der Waals surface area (Å²) >= 11 is 0. The van der Waals surface area contributed by atoms with E-state index in [1.165, 1.54) is 16.7 Å². The Bertz CT molecular complexity index is 474. The maximum Gasteiger partial charge on any atom is 0.0315 e. The normalized spacial score (nSPS) is 10.7. The summed E-state index contributed by atoms with van der Waals surface area (Å²) in [7, 11) is 0. The van der Waals surface area contributed by atoms with Gasteiger partial charge in [0, 0.05) is 44.4 Å². The van der Waals surface area contributed by atoms with Gasteiger partial charge >= 0.3 is 0 Å². The highest BCUT2D eigenvalue weighted by atomic mass is 14.9. The maximum atomic E-state index is 4.14. The van der Waals surface area contributed by atoms with Crippen molar-refractivity contribution in [1.82, 2.24) is 14.9 Å². The molecule has 0 bridgehead atoms. The van der Waals surface area contributed by atoms with Gasteiger partial charge in [0.1, 0.15) is 0 Å². The molecule has 0 saturated carbocycles. The van der Waals surface area contributed by atoms with E-state index < -0.39 is 0 Å². The molecular weight excluding hydrogens is 210 g/mol. The van der Waals surface area contributed by atoms with Crippen molar-refractivity contribution in [2.75, 3.05) is 0 Å². The van der Waals surface area contributed by atoms with E-state index in [0.717, 1.165) is 19.6 Å². The van der Waals surface area contributed by atoms with Crippen LogP contribution in [0.15, 0.2) is 36.9 Å². The molecule has 17 heavy (non-hydrogen) atoms. The second-order valence-corrected chi connectivity index (χ2v) is 4.26. The van der Waals surface area contributed by atoms with Gasteiger partial charge in [-0.3, -0.25) is 4.98 Å². The number of aryl methyl sites for hydroxylation is 2. The lowest BCUT2D eigenvalue weighted by Gasteiger charge is -2.06. The Morgan fingerprint density at radius 1 is 1.29 bits per heavy atom. The number of hydrogen-bond acceptors (Lipinski definition) is 2. The van der Waals surface area contributed by atoms with E-state index in [2.05, 4.69) is 47.2 Å². The third-order valence-electron chi connectivity index (χ3n) is 2.97. The van der Waals surface area contributed by atoms with E-state index >= 15 is 0 Å². The molecule has 0 fully saturated rings. The largest absolute Gasteiger partial charge is 0.354 e. The lowest BCUT2D eigenvalue weighted by molar-refractivity contribution is 0.684. The Morgan fingerprint density at radius 2 is 2.18 bits per heavy atom. The third kappa shape index (κ3) is 3.17. The summed E-state index contributed by atoms with van der Waals surface area (Å²) in [5.74, 6) is 0. The van der Waals surface area contributed by atoms with Gasteiger partial charge in [-0.2, -0.15) is 0 Å². The number of nitrogens with zero attached hydrogens (tertiary/aromatic N) is 2. The molecule has 0 aliphatic heterocycles. The maximum absolute atomic E-state index is 4.14. The zero-order valence-corrected chi connectivity index (χ0v) is 10.5. The first-order valence-electron chi connectivity index (χ1n) is 6.04. The molecule has 0 saturated heterocycles. The lowest BCUT2D eigenvalue weighted by atomic mass is 10.1. The molecule has 0 radical (unpaired) electrons. The van der Waals surface area contributed by atoms with Crippen LogP contribution in [0, 0.1) is 6.92 Å². The zero-order chi connectivity index (χ0) is 12.1. The van der Waals surface area contributed by atoms with E-state index in [-0.39, 0.29) is 0 Å². The molecule has 3 nitrogen and oxygen atoms in total. The molecule has 3 heteroatoms. The van der Waals surface area contributed by atoms with Crippen molar-refractivity contribution >= 4 is 0 Å². The molecule has 2 heterocycles. The summed E-state index contributed by atoms with van der Waals surface area (Å²) in [6.45, 7) is 7.07. The summed E-state index contributed by atoms with van der Waals surface area (Å²) in [4.78, 5) is 4.14. The SMILES string of the molecule is CCn1ccc(CNCc2cnccc2C)c1. The Hall–Kier alpha value is -1.61. The van der Waals surface area contributed by atoms with Crippen molar-refractivity contribution in [3.63, 3.8) is 0 Å². The fourth-order valence-corrected chi connectivity index (χ4v) is 1.82. The first-order chi connectivity index (χ1) is 8.29. The van der Waals surface area contributed by atoms with Crippen LogP contribution in [-0.2, 0) is 19.6 Å². The highest BCUT2D eigenvalue weighted by Gasteiger charge is 1.98. The van der Waals surface area contributed by atoms with Gasteiger partial charge in [0.2, 0.25) is 0 Å². The Morgan fingerprint density at radius 3 is 2.88 bits per heavy atom.